The molecule has 8 nitrogen and oxygen atoms in total. The van der Waals surface area contributed by atoms with Crippen LogP contribution in [0.3, 0.4) is 0 Å². The van der Waals surface area contributed by atoms with Crippen molar-refractivity contribution in [3.8, 4) is 28.6 Å². The number of aromatic hydroxyl groups is 1. The Labute approximate surface area is 242 Å². The van der Waals surface area contributed by atoms with Crippen LogP contribution >= 0.6 is 11.6 Å². The second-order valence-corrected chi connectivity index (χ2v) is 12.1. The quantitative estimate of drug-likeness (QED) is 0.354. The number of hydrogen-bond donors (Lipinski definition) is 2. The van der Waals surface area contributed by atoms with Crippen molar-refractivity contribution in [3.63, 3.8) is 0 Å². The van der Waals surface area contributed by atoms with Crippen molar-refractivity contribution in [2.75, 3.05) is 50.8 Å². The van der Waals surface area contributed by atoms with Gasteiger partial charge >= 0.3 is 6.01 Å². The smallest absolute Gasteiger partial charge is 0.319 e. The highest BCUT2D eigenvalue weighted by molar-refractivity contribution is 6.37. The first-order chi connectivity index (χ1) is 20.0. The third-order valence-corrected chi connectivity index (χ3v) is 9.63. The van der Waals surface area contributed by atoms with E-state index in [4.69, 9.17) is 31.0 Å². The lowest BCUT2D eigenvalue weighted by molar-refractivity contribution is 0.107. The molecular weight excluding hydrogens is 545 g/mol. The van der Waals surface area contributed by atoms with Crippen LogP contribution in [0.1, 0.15) is 19.3 Å². The summed E-state index contributed by atoms with van der Waals surface area (Å²) in [4.78, 5) is 14.3. The highest BCUT2D eigenvalue weighted by atomic mass is 35.5. The van der Waals surface area contributed by atoms with Crippen LogP contribution in [0.15, 0.2) is 42.5 Å². The first-order valence-electron chi connectivity index (χ1n) is 14.4. The number of phenols is 1. The minimum atomic E-state index is -0.829. The summed E-state index contributed by atoms with van der Waals surface area (Å²) in [5.41, 5.74) is 1.86. The average molecular weight is 576 g/mol. The number of nitrogens with zero attached hydrogens (tertiary/aromatic N) is 4. The Balaban J connectivity index is 1.30. The Morgan fingerprint density at radius 2 is 2.07 bits per heavy atom. The molecule has 3 atom stereocenters. The van der Waals surface area contributed by atoms with Crippen LogP contribution in [-0.2, 0) is 0 Å². The lowest BCUT2D eigenvalue weighted by atomic mass is 9.95. The largest absolute Gasteiger partial charge is 0.508 e. The Kier molecular flexibility index (Phi) is 5.91. The van der Waals surface area contributed by atoms with E-state index >= 15 is 0 Å². The number of phenolic OH excluding ortho intramolecular Hbond substituents is 1. The van der Waals surface area contributed by atoms with Crippen LogP contribution in [0.25, 0.3) is 32.8 Å². The van der Waals surface area contributed by atoms with E-state index in [-0.39, 0.29) is 23.3 Å². The van der Waals surface area contributed by atoms with Crippen molar-refractivity contribution in [1.29, 1.82) is 0 Å². The molecule has 41 heavy (non-hydrogen) atoms. The molecule has 0 saturated carbocycles. The molecule has 5 heterocycles. The third kappa shape index (κ3) is 4.08. The fourth-order valence-corrected chi connectivity index (χ4v) is 7.64. The fraction of sp³-hybridized carbons (Fsp3) is 0.419. The van der Waals surface area contributed by atoms with Gasteiger partial charge in [-0.2, -0.15) is 9.97 Å². The minimum Gasteiger partial charge on any atom is -0.508 e. The van der Waals surface area contributed by atoms with Crippen LogP contribution in [0.4, 0.5) is 10.2 Å². The van der Waals surface area contributed by atoms with Crippen molar-refractivity contribution < 1.29 is 19.0 Å². The second kappa shape index (κ2) is 9.58. The highest BCUT2D eigenvalue weighted by Gasteiger charge is 2.49. The van der Waals surface area contributed by atoms with Crippen LogP contribution in [0, 0.1) is 0 Å². The van der Waals surface area contributed by atoms with E-state index in [2.05, 4.69) is 15.1 Å². The van der Waals surface area contributed by atoms with Gasteiger partial charge in [-0.1, -0.05) is 35.9 Å². The summed E-state index contributed by atoms with van der Waals surface area (Å²) in [5.74, 6) is 1.44. The number of rotatable bonds is 4. The topological polar surface area (TPSA) is 83.0 Å². The van der Waals surface area contributed by atoms with Crippen molar-refractivity contribution in [1.82, 2.24) is 20.2 Å². The van der Waals surface area contributed by atoms with Gasteiger partial charge in [0.1, 0.15) is 31.0 Å². The zero-order valence-electron chi connectivity index (χ0n) is 22.6. The van der Waals surface area contributed by atoms with Gasteiger partial charge in [0.15, 0.2) is 5.75 Å². The predicted octanol–water partition coefficient (Wildman–Crippen LogP) is 4.93. The van der Waals surface area contributed by atoms with Crippen molar-refractivity contribution >= 4 is 39.1 Å². The summed E-state index contributed by atoms with van der Waals surface area (Å²) in [7, 11) is 0. The van der Waals surface area contributed by atoms with Crippen molar-refractivity contribution in [3.05, 3.63) is 47.5 Å². The molecule has 4 aliphatic heterocycles. The van der Waals surface area contributed by atoms with Gasteiger partial charge in [-0.15, -0.1) is 0 Å². The maximum Gasteiger partial charge on any atom is 0.319 e. The molecule has 0 spiro atoms. The number of piperazine rings is 1. The molecule has 0 aliphatic carbocycles. The Morgan fingerprint density at radius 3 is 3.00 bits per heavy atom. The molecule has 4 aromatic rings. The Bertz CT molecular complexity index is 1690. The third-order valence-electron chi connectivity index (χ3n) is 9.25. The number of fused-ring (bicyclic) bond motifs is 4. The van der Waals surface area contributed by atoms with Gasteiger partial charge in [-0.05, 0) is 53.9 Å². The van der Waals surface area contributed by atoms with Gasteiger partial charge in [-0.25, -0.2) is 4.39 Å². The molecule has 0 unspecified atom stereocenters. The van der Waals surface area contributed by atoms with E-state index < -0.39 is 6.17 Å². The van der Waals surface area contributed by atoms with E-state index in [1.807, 2.05) is 30.3 Å². The second-order valence-electron chi connectivity index (χ2n) is 11.7. The molecule has 3 aromatic carbocycles. The van der Waals surface area contributed by atoms with Gasteiger partial charge in [-0.3, -0.25) is 4.90 Å². The van der Waals surface area contributed by atoms with Gasteiger partial charge in [0.25, 0.3) is 0 Å². The molecule has 2 N–H and O–H groups in total. The van der Waals surface area contributed by atoms with Gasteiger partial charge in [0, 0.05) is 38.2 Å². The molecule has 3 fully saturated rings. The van der Waals surface area contributed by atoms with E-state index in [1.54, 1.807) is 12.1 Å². The number of nitrogens with one attached hydrogen (secondary N) is 1. The molecule has 0 amide bonds. The number of anilines is 1. The maximum absolute atomic E-state index is 14.4. The summed E-state index contributed by atoms with van der Waals surface area (Å²) < 4.78 is 27.2. The molecule has 8 rings (SSSR count). The van der Waals surface area contributed by atoms with E-state index in [0.29, 0.717) is 48.0 Å². The lowest BCUT2D eigenvalue weighted by Crippen LogP contribution is -2.53. The number of halogens is 2. The fourth-order valence-electron chi connectivity index (χ4n) is 7.34. The Morgan fingerprint density at radius 1 is 1.17 bits per heavy atom. The zero-order chi connectivity index (χ0) is 27.7. The molecule has 0 bridgehead atoms. The van der Waals surface area contributed by atoms with E-state index in [1.165, 1.54) is 0 Å². The number of hydrogen-bond acceptors (Lipinski definition) is 8. The number of aromatic nitrogens is 2. The summed E-state index contributed by atoms with van der Waals surface area (Å²) in [6.07, 6.45) is 1.61. The molecule has 212 valence electrons. The minimum absolute atomic E-state index is 0.0641. The molecule has 10 heteroatoms. The summed E-state index contributed by atoms with van der Waals surface area (Å²) in [6, 6.07) is 13.6. The van der Waals surface area contributed by atoms with Gasteiger partial charge in [0.05, 0.1) is 27.5 Å². The predicted molar refractivity (Wildman–Crippen MR) is 157 cm³/mol. The summed E-state index contributed by atoms with van der Waals surface area (Å²) in [5, 5.41) is 17.1. The standard InChI is InChI=1S/C31H31ClFN5O3/c32-27-24(23-11-21(39)10-18-4-1-2-5-22(18)23)12-25-26-28(27)40-16-20-14-34-7-9-38(20)29(26)36-30(35-25)41-17-31-6-3-8-37(31)15-19(33)13-31/h1-2,4-5,10-12,19-20,34,39H,3,6-9,13-17H2/t19-,20-,31+/m1/s1. The molecule has 3 saturated heterocycles. The molecule has 4 aliphatic rings. The van der Waals surface area contributed by atoms with E-state index in [9.17, 15) is 9.50 Å². The highest BCUT2D eigenvalue weighted by Crippen LogP contribution is 2.48. The van der Waals surface area contributed by atoms with Crippen molar-refractivity contribution in [2.24, 2.45) is 0 Å². The Hall–Kier alpha value is -3.40. The van der Waals surface area contributed by atoms with Crippen LogP contribution < -0.4 is 19.7 Å². The summed E-state index contributed by atoms with van der Waals surface area (Å²) >= 11 is 7.14. The number of ether oxygens (including phenoxy) is 2. The summed E-state index contributed by atoms with van der Waals surface area (Å²) in [6.45, 7) is 4.50. The molecule has 1 aromatic heterocycles. The monoisotopic (exact) mass is 575 g/mol. The lowest BCUT2D eigenvalue weighted by Gasteiger charge is -2.35. The van der Waals surface area contributed by atoms with Crippen molar-refractivity contribution in [2.45, 2.75) is 37.0 Å². The first kappa shape index (κ1) is 25.3. The normalized spacial score (nSPS) is 25.7. The molecule has 0 radical (unpaired) electrons. The number of benzene rings is 3. The zero-order valence-corrected chi connectivity index (χ0v) is 23.3. The van der Waals surface area contributed by atoms with Crippen LogP contribution in [0.5, 0.6) is 17.5 Å². The van der Waals surface area contributed by atoms with E-state index in [0.717, 1.165) is 66.6 Å². The average Bonchev–Trinajstić information content (AvgIpc) is 3.44. The SMILES string of the molecule is Oc1cc(-c2cc3nc(OC[C@@]45CCCN4C[C@H](F)C5)nc4c3c(c2Cl)OC[C@H]2CNCCN42)c2ccccc2c1. The number of alkyl halides is 1. The maximum atomic E-state index is 14.4. The van der Waals surface area contributed by atoms with Gasteiger partial charge < -0.3 is 24.8 Å². The van der Waals surface area contributed by atoms with Crippen LogP contribution in [0.2, 0.25) is 5.02 Å². The van der Waals surface area contributed by atoms with Gasteiger partial charge in [0.2, 0.25) is 0 Å². The van der Waals surface area contributed by atoms with Crippen LogP contribution in [-0.4, -0.2) is 83.7 Å². The first-order valence-corrected chi connectivity index (χ1v) is 14.8. The molecular formula is C31H31ClFN5O3.